The van der Waals surface area contributed by atoms with Gasteiger partial charge in [0.25, 0.3) is 0 Å². The van der Waals surface area contributed by atoms with Crippen LogP contribution in [-0.2, 0) is 14.4 Å². The zero-order valence-corrected chi connectivity index (χ0v) is 9.16. The first-order chi connectivity index (χ1) is 8.10. The molecule has 0 aromatic carbocycles. The van der Waals surface area contributed by atoms with Crippen LogP contribution < -0.4 is 11.3 Å². The van der Waals surface area contributed by atoms with Gasteiger partial charge in [0.15, 0.2) is 5.84 Å². The van der Waals surface area contributed by atoms with Crippen LogP contribution in [-0.4, -0.2) is 46.3 Å². The molecule has 0 bridgehead atoms. The van der Waals surface area contributed by atoms with Crippen LogP contribution in [0.4, 0.5) is 0 Å². The second-order valence-electron chi connectivity index (χ2n) is 3.16. The van der Waals surface area contributed by atoms with Gasteiger partial charge in [0.05, 0.1) is 7.11 Å². The van der Waals surface area contributed by atoms with Crippen molar-refractivity contribution < 1.29 is 19.5 Å². The summed E-state index contributed by atoms with van der Waals surface area (Å²) in [4.78, 5) is 25.7. The highest BCUT2D eigenvalue weighted by molar-refractivity contribution is 5.83. The van der Waals surface area contributed by atoms with E-state index in [1.165, 1.54) is 12.3 Å². The molecule has 94 valence electrons. The number of hydrazine groups is 2. The first-order valence-electron chi connectivity index (χ1n) is 4.75. The number of hydrogen-bond donors (Lipinski definition) is 3. The summed E-state index contributed by atoms with van der Waals surface area (Å²) in [6.45, 7) is 0. The molecule has 1 aliphatic rings. The average Bonchev–Trinajstić information content (AvgIpc) is 2.68. The Bertz CT molecular complexity index is 365. The van der Waals surface area contributed by atoms with Crippen LogP contribution >= 0.6 is 0 Å². The first kappa shape index (κ1) is 13.0. The van der Waals surface area contributed by atoms with Crippen molar-refractivity contribution in [2.45, 2.75) is 18.9 Å². The molecule has 1 aliphatic heterocycles. The van der Waals surface area contributed by atoms with E-state index in [1.807, 2.05) is 0 Å². The van der Waals surface area contributed by atoms with Crippen LogP contribution in [0, 0.1) is 0 Å². The van der Waals surface area contributed by atoms with Crippen LogP contribution in [0.3, 0.4) is 0 Å². The van der Waals surface area contributed by atoms with Gasteiger partial charge in [-0.2, -0.15) is 5.53 Å². The molecule has 0 fully saturated rings. The Morgan fingerprint density at radius 3 is 3.06 bits per heavy atom. The Morgan fingerprint density at radius 1 is 1.82 bits per heavy atom. The van der Waals surface area contributed by atoms with Crippen LogP contribution in [0.1, 0.15) is 12.8 Å². The highest BCUT2D eigenvalue weighted by atomic mass is 16.7. The highest BCUT2D eigenvalue weighted by Crippen LogP contribution is 2.10. The molecule has 17 heavy (non-hydrogen) atoms. The van der Waals surface area contributed by atoms with Crippen LogP contribution in [0.2, 0.25) is 0 Å². The van der Waals surface area contributed by atoms with E-state index in [4.69, 9.17) is 15.7 Å². The summed E-state index contributed by atoms with van der Waals surface area (Å²) in [6.07, 6.45) is 1.53. The second kappa shape index (κ2) is 5.85. The summed E-state index contributed by atoms with van der Waals surface area (Å²) < 4.78 is 0. The van der Waals surface area contributed by atoms with E-state index in [0.717, 1.165) is 11.3 Å². The fraction of sp³-hybridized carbons (Fsp3) is 0.500. The third-order valence-corrected chi connectivity index (χ3v) is 2.04. The number of carboxylic acids is 1. The third-order valence-electron chi connectivity index (χ3n) is 2.04. The van der Waals surface area contributed by atoms with Gasteiger partial charge in [0.2, 0.25) is 0 Å². The minimum Gasteiger partial charge on any atom is -0.480 e. The SMILES string of the molecule is CON1C(CC[C@H](N)C(=O)O)=NNN1C=C=O. The fourth-order valence-electron chi connectivity index (χ4n) is 1.20. The topological polar surface area (TPSA) is 120 Å². The van der Waals surface area contributed by atoms with Gasteiger partial charge >= 0.3 is 5.97 Å². The molecule has 0 aromatic rings. The molecule has 4 N–H and O–H groups in total. The lowest BCUT2D eigenvalue weighted by atomic mass is 10.1. The maximum absolute atomic E-state index is 10.5. The van der Waals surface area contributed by atoms with Crippen molar-refractivity contribution in [3.63, 3.8) is 0 Å². The van der Waals surface area contributed by atoms with Gasteiger partial charge in [-0.25, -0.2) is 4.79 Å². The Balaban J connectivity index is 2.54. The number of hydrogen-bond acceptors (Lipinski definition) is 8. The number of nitrogens with two attached hydrogens (primary N) is 1. The van der Waals surface area contributed by atoms with E-state index < -0.39 is 12.0 Å². The van der Waals surface area contributed by atoms with E-state index in [1.54, 1.807) is 5.94 Å². The van der Waals surface area contributed by atoms with Crippen molar-refractivity contribution >= 4 is 17.7 Å². The number of hydrazone groups is 1. The molecule has 9 nitrogen and oxygen atoms in total. The average molecular weight is 243 g/mol. The molecule has 0 aliphatic carbocycles. The Hall–Kier alpha value is -2.09. The number of carbonyl (C=O) groups is 1. The van der Waals surface area contributed by atoms with Gasteiger partial charge < -0.3 is 10.8 Å². The van der Waals surface area contributed by atoms with Crippen molar-refractivity contribution in [3.8, 4) is 0 Å². The van der Waals surface area contributed by atoms with Gasteiger partial charge in [0.1, 0.15) is 18.2 Å². The summed E-state index contributed by atoms with van der Waals surface area (Å²) in [7, 11) is 1.38. The quantitative estimate of drug-likeness (QED) is 0.479. The molecule has 0 saturated carbocycles. The fourth-order valence-corrected chi connectivity index (χ4v) is 1.20. The number of nitrogens with zero attached hydrogens (tertiary/aromatic N) is 3. The minimum absolute atomic E-state index is 0.203. The molecular weight excluding hydrogens is 230 g/mol. The molecule has 0 saturated heterocycles. The number of nitrogens with one attached hydrogen (secondary N) is 1. The highest BCUT2D eigenvalue weighted by Gasteiger charge is 2.25. The second-order valence-corrected chi connectivity index (χ2v) is 3.16. The molecule has 0 amide bonds. The van der Waals surface area contributed by atoms with E-state index >= 15 is 0 Å². The third kappa shape index (κ3) is 3.18. The lowest BCUT2D eigenvalue weighted by molar-refractivity contribution is -0.195. The summed E-state index contributed by atoms with van der Waals surface area (Å²) in [5.74, 6) is 0.886. The molecule has 0 unspecified atom stereocenters. The zero-order valence-electron chi connectivity index (χ0n) is 9.16. The van der Waals surface area contributed by atoms with Crippen molar-refractivity contribution in [1.82, 2.24) is 15.8 Å². The van der Waals surface area contributed by atoms with E-state index in [9.17, 15) is 9.59 Å². The number of hydroxylamine groups is 1. The van der Waals surface area contributed by atoms with Gasteiger partial charge in [0, 0.05) is 6.42 Å². The van der Waals surface area contributed by atoms with Crippen molar-refractivity contribution in [3.05, 3.63) is 6.20 Å². The molecule has 1 rings (SSSR count). The summed E-state index contributed by atoms with van der Waals surface area (Å²) in [6, 6.07) is -0.966. The van der Waals surface area contributed by atoms with Gasteiger partial charge in [-0.1, -0.05) is 0 Å². The van der Waals surface area contributed by atoms with E-state index in [0.29, 0.717) is 5.84 Å². The predicted octanol–water partition coefficient (Wildman–Crippen LogP) is -1.56. The van der Waals surface area contributed by atoms with E-state index in [2.05, 4.69) is 10.6 Å². The van der Waals surface area contributed by atoms with E-state index in [-0.39, 0.29) is 12.8 Å². The van der Waals surface area contributed by atoms with Crippen LogP contribution in [0.5, 0.6) is 0 Å². The number of rotatable bonds is 6. The summed E-state index contributed by atoms with van der Waals surface area (Å²) in [5.41, 5.74) is 7.83. The largest absolute Gasteiger partial charge is 0.480 e. The molecular formula is C8H13N5O4. The zero-order chi connectivity index (χ0) is 12.8. The van der Waals surface area contributed by atoms with Crippen molar-refractivity contribution in [1.29, 1.82) is 0 Å². The molecule has 1 heterocycles. The van der Waals surface area contributed by atoms with Gasteiger partial charge in [-0.3, -0.25) is 9.63 Å². The molecule has 0 spiro atoms. The summed E-state index contributed by atoms with van der Waals surface area (Å²) >= 11 is 0. The van der Waals surface area contributed by atoms with Gasteiger partial charge in [-0.05, 0) is 6.42 Å². The molecule has 9 heteroatoms. The molecule has 0 aromatic heterocycles. The van der Waals surface area contributed by atoms with Crippen LogP contribution in [0.15, 0.2) is 11.3 Å². The summed E-state index contributed by atoms with van der Waals surface area (Å²) in [5, 5.41) is 14.8. The molecule has 1 atom stereocenters. The Labute approximate surface area is 97.0 Å². The lowest BCUT2D eigenvalue weighted by Gasteiger charge is -2.23. The maximum atomic E-state index is 10.5. The normalized spacial score (nSPS) is 16.0. The Kier molecular flexibility index (Phi) is 4.46. The number of aliphatic carboxylic acids is 1. The molecule has 0 radical (unpaired) electrons. The number of carboxylic acid groups (broad SMARTS) is 1. The van der Waals surface area contributed by atoms with Crippen molar-refractivity contribution in [2.75, 3.05) is 7.11 Å². The predicted molar refractivity (Wildman–Crippen MR) is 56.4 cm³/mol. The van der Waals surface area contributed by atoms with Crippen molar-refractivity contribution in [2.24, 2.45) is 10.8 Å². The van der Waals surface area contributed by atoms with Crippen LogP contribution in [0.25, 0.3) is 0 Å². The smallest absolute Gasteiger partial charge is 0.320 e. The standard InChI is InChI=1S/C8H13N5O4/c1-17-13-7(3-2-6(9)8(15)16)10-11-12(13)4-5-14/h4,6,11H,2-3,9H2,1H3,(H,15,16)/t6-/m0/s1. The monoisotopic (exact) mass is 243 g/mol. The minimum atomic E-state index is -1.08. The first-order valence-corrected chi connectivity index (χ1v) is 4.75. The van der Waals surface area contributed by atoms with Gasteiger partial charge in [-0.15, -0.1) is 15.4 Å². The number of carbonyl (C=O) groups excluding carboxylic acids is 1. The maximum Gasteiger partial charge on any atom is 0.320 e. The Morgan fingerprint density at radius 2 is 2.53 bits per heavy atom. The lowest BCUT2D eigenvalue weighted by Crippen LogP contribution is -2.41. The number of amidine groups is 1.